The molecule has 142 valence electrons. The van der Waals surface area contributed by atoms with Crippen LogP contribution in [0.25, 0.3) is 0 Å². The van der Waals surface area contributed by atoms with Gasteiger partial charge >= 0.3 is 0 Å². The van der Waals surface area contributed by atoms with E-state index in [1.54, 1.807) is 0 Å². The van der Waals surface area contributed by atoms with Crippen LogP contribution in [0.1, 0.15) is 23.9 Å². The summed E-state index contributed by atoms with van der Waals surface area (Å²) >= 11 is 5.97. The van der Waals surface area contributed by atoms with Crippen LogP contribution < -0.4 is 21.9 Å². The Labute approximate surface area is 172 Å². The molecule has 0 unspecified atom stereocenters. The molecule has 1 heterocycles. The number of nitrogens with zero attached hydrogens (tertiary/aromatic N) is 4. The van der Waals surface area contributed by atoms with Crippen LogP contribution in [0.4, 0.5) is 5.69 Å². The lowest BCUT2D eigenvalue weighted by atomic mass is 10.2. The number of halogens is 2. The Morgan fingerprint density at radius 3 is 2.33 bits per heavy atom. The summed E-state index contributed by atoms with van der Waals surface area (Å²) in [7, 11) is 4.08. The third-order valence-electron chi connectivity index (χ3n) is 4.31. The topological polar surface area (TPSA) is 24.4 Å². The Morgan fingerprint density at radius 1 is 1.07 bits per heavy atom. The first-order valence-corrected chi connectivity index (χ1v) is 9.10. The second-order valence-corrected chi connectivity index (χ2v) is 6.83. The van der Waals surface area contributed by atoms with E-state index >= 15 is 0 Å². The lowest BCUT2D eigenvalue weighted by Crippen LogP contribution is -3.00. The zero-order valence-electron chi connectivity index (χ0n) is 15.8. The highest BCUT2D eigenvalue weighted by atomic mass is 35.5. The fraction of sp³-hybridized carbons (Fsp3) is 0.238. The van der Waals surface area contributed by atoms with Gasteiger partial charge in [-0.25, -0.2) is 4.57 Å². The molecule has 0 aliphatic rings. The molecule has 0 atom stereocenters. The van der Waals surface area contributed by atoms with Gasteiger partial charge in [0.25, 0.3) is 5.82 Å². The predicted octanol–water partition coefficient (Wildman–Crippen LogP) is 0.992. The monoisotopic (exact) mass is 402 g/mol. The standard InChI is InChI=1S/C21H24ClN4.ClH/c1-4-21-25(16-18-5-9-19(22)10-6-18)13-14-26(21)23-15-17-7-11-20(12-8-17)24(2)3;/h5-15H,4,16H2,1-3H3;1H/q+1;/p-1. The number of rotatable bonds is 6. The van der Waals surface area contributed by atoms with Crippen molar-refractivity contribution < 1.29 is 17.0 Å². The molecule has 0 bridgehead atoms. The Morgan fingerprint density at radius 2 is 1.74 bits per heavy atom. The minimum Gasteiger partial charge on any atom is -1.00 e. The van der Waals surface area contributed by atoms with Crippen LogP contribution >= 0.6 is 11.6 Å². The zero-order valence-corrected chi connectivity index (χ0v) is 17.3. The Balaban J connectivity index is 0.00000261. The first kappa shape index (κ1) is 21.0. The van der Waals surface area contributed by atoms with Gasteiger partial charge in [-0.1, -0.05) is 47.9 Å². The molecule has 0 radical (unpaired) electrons. The average molecular weight is 403 g/mol. The number of anilines is 1. The second-order valence-electron chi connectivity index (χ2n) is 6.40. The molecule has 1 aromatic heterocycles. The van der Waals surface area contributed by atoms with E-state index in [0.29, 0.717) is 0 Å². The third-order valence-corrected chi connectivity index (χ3v) is 4.56. The van der Waals surface area contributed by atoms with Gasteiger partial charge in [-0.3, -0.25) is 0 Å². The molecule has 0 saturated heterocycles. The van der Waals surface area contributed by atoms with Crippen LogP contribution in [0, 0.1) is 0 Å². The number of imidazole rings is 1. The molecule has 0 aliphatic carbocycles. The number of benzene rings is 2. The summed E-state index contributed by atoms with van der Waals surface area (Å²) in [5.74, 6) is 1.15. The summed E-state index contributed by atoms with van der Waals surface area (Å²) in [4.78, 5) is 2.09. The molecule has 4 nitrogen and oxygen atoms in total. The van der Waals surface area contributed by atoms with E-state index in [0.717, 1.165) is 29.4 Å². The van der Waals surface area contributed by atoms with Gasteiger partial charge in [0, 0.05) is 31.2 Å². The van der Waals surface area contributed by atoms with E-state index in [4.69, 9.17) is 11.6 Å². The third kappa shape index (κ3) is 5.34. The summed E-state index contributed by atoms with van der Waals surface area (Å²) in [6, 6.07) is 16.3. The number of hydrogen-bond acceptors (Lipinski definition) is 2. The highest BCUT2D eigenvalue weighted by Crippen LogP contribution is 2.12. The highest BCUT2D eigenvalue weighted by Gasteiger charge is 2.15. The molecule has 2 aromatic carbocycles. The van der Waals surface area contributed by atoms with Crippen molar-refractivity contribution in [1.82, 2.24) is 4.68 Å². The van der Waals surface area contributed by atoms with Crippen molar-refractivity contribution in [2.45, 2.75) is 19.9 Å². The van der Waals surface area contributed by atoms with Crippen LogP contribution in [0.5, 0.6) is 0 Å². The largest absolute Gasteiger partial charge is 1.00 e. The van der Waals surface area contributed by atoms with E-state index in [1.165, 1.54) is 11.3 Å². The molecule has 0 spiro atoms. The van der Waals surface area contributed by atoms with Crippen molar-refractivity contribution in [3.63, 3.8) is 0 Å². The van der Waals surface area contributed by atoms with Crippen LogP contribution in [0.15, 0.2) is 66.0 Å². The first-order valence-electron chi connectivity index (χ1n) is 8.72. The van der Waals surface area contributed by atoms with E-state index in [1.807, 2.05) is 43.3 Å². The van der Waals surface area contributed by atoms with Crippen molar-refractivity contribution in [3.05, 3.63) is 82.9 Å². The maximum atomic E-state index is 5.97. The molecule has 0 fully saturated rings. The van der Waals surface area contributed by atoms with E-state index in [-0.39, 0.29) is 12.4 Å². The van der Waals surface area contributed by atoms with Crippen molar-refractivity contribution >= 4 is 23.5 Å². The summed E-state index contributed by atoms with van der Waals surface area (Å²) < 4.78 is 4.16. The number of hydrogen-bond donors (Lipinski definition) is 0. The van der Waals surface area contributed by atoms with Gasteiger partial charge in [-0.05, 0) is 35.4 Å². The van der Waals surface area contributed by atoms with E-state index in [9.17, 15) is 0 Å². The van der Waals surface area contributed by atoms with E-state index in [2.05, 4.69) is 64.1 Å². The van der Waals surface area contributed by atoms with Crippen LogP contribution in [-0.2, 0) is 13.0 Å². The van der Waals surface area contributed by atoms with Gasteiger partial charge in [0.2, 0.25) is 0 Å². The maximum absolute atomic E-state index is 5.97. The summed E-state index contributed by atoms with van der Waals surface area (Å²) in [6.07, 6.45) is 6.86. The summed E-state index contributed by atoms with van der Waals surface area (Å²) in [6.45, 7) is 2.95. The Hall–Kier alpha value is -2.30. The van der Waals surface area contributed by atoms with Gasteiger partial charge in [0.1, 0.15) is 12.7 Å². The molecule has 6 heteroatoms. The molecule has 0 saturated carbocycles. The van der Waals surface area contributed by atoms with Gasteiger partial charge < -0.3 is 17.3 Å². The Kier molecular flexibility index (Phi) is 7.45. The van der Waals surface area contributed by atoms with Crippen LogP contribution in [-0.4, -0.2) is 25.0 Å². The molecule has 0 N–H and O–H groups in total. The summed E-state index contributed by atoms with van der Waals surface area (Å²) in [5, 5.41) is 5.40. The lowest BCUT2D eigenvalue weighted by Gasteiger charge is -2.11. The number of aromatic nitrogens is 2. The van der Waals surface area contributed by atoms with Gasteiger partial charge in [-0.15, -0.1) is 4.68 Å². The van der Waals surface area contributed by atoms with Gasteiger partial charge in [0.05, 0.1) is 6.21 Å². The minimum atomic E-state index is 0. The molecule has 3 rings (SSSR count). The van der Waals surface area contributed by atoms with Crippen molar-refractivity contribution in [1.29, 1.82) is 0 Å². The molecular formula is C21H24Cl2N4. The SMILES string of the molecule is CCc1n(N=Cc2ccc(N(C)C)cc2)cc[n+]1Cc1ccc(Cl)cc1.[Cl-]. The van der Waals surface area contributed by atoms with Crippen LogP contribution in [0.3, 0.4) is 0 Å². The zero-order chi connectivity index (χ0) is 18.5. The fourth-order valence-electron chi connectivity index (χ4n) is 2.84. The van der Waals surface area contributed by atoms with Gasteiger partial charge in [0.15, 0.2) is 6.20 Å². The van der Waals surface area contributed by atoms with Crippen molar-refractivity contribution in [3.8, 4) is 0 Å². The highest BCUT2D eigenvalue weighted by molar-refractivity contribution is 6.30. The van der Waals surface area contributed by atoms with Crippen LogP contribution in [0.2, 0.25) is 5.02 Å². The normalized spacial score (nSPS) is 10.8. The molecule has 3 aromatic rings. The molecular weight excluding hydrogens is 379 g/mol. The lowest BCUT2D eigenvalue weighted by molar-refractivity contribution is -0.695. The second kappa shape index (κ2) is 9.58. The fourth-order valence-corrected chi connectivity index (χ4v) is 2.96. The molecule has 27 heavy (non-hydrogen) atoms. The first-order chi connectivity index (χ1) is 12.6. The Bertz CT molecular complexity index is 882. The smallest absolute Gasteiger partial charge is 0.282 e. The van der Waals surface area contributed by atoms with E-state index < -0.39 is 0 Å². The minimum absolute atomic E-state index is 0. The predicted molar refractivity (Wildman–Crippen MR) is 108 cm³/mol. The molecule has 0 amide bonds. The van der Waals surface area contributed by atoms with Crippen molar-refractivity contribution in [2.24, 2.45) is 5.10 Å². The van der Waals surface area contributed by atoms with Gasteiger partial charge in [-0.2, -0.15) is 0 Å². The quantitative estimate of drug-likeness (QED) is 0.445. The molecule has 0 aliphatic heterocycles. The average Bonchev–Trinajstić information content (AvgIpc) is 3.03. The van der Waals surface area contributed by atoms with Crippen molar-refractivity contribution in [2.75, 3.05) is 19.0 Å². The maximum Gasteiger partial charge on any atom is 0.282 e. The summed E-state index contributed by atoms with van der Waals surface area (Å²) in [5.41, 5.74) is 3.48.